The summed E-state index contributed by atoms with van der Waals surface area (Å²) >= 11 is 2.62. The maximum Gasteiger partial charge on any atom is 0.249 e. The first-order valence-corrected chi connectivity index (χ1v) is 10.5. The van der Waals surface area contributed by atoms with Crippen LogP contribution in [0.4, 0.5) is 5.95 Å². The fraction of sp³-hybridized carbons (Fsp3) is 0.278. The smallest absolute Gasteiger partial charge is 0.249 e. The second-order valence-electron chi connectivity index (χ2n) is 6.07. The number of amides is 2. The third kappa shape index (κ3) is 5.27. The Hall–Kier alpha value is -3.12. The van der Waals surface area contributed by atoms with Crippen molar-refractivity contribution in [2.45, 2.75) is 22.9 Å². The van der Waals surface area contributed by atoms with Gasteiger partial charge in [-0.25, -0.2) is 4.98 Å². The Balaban J connectivity index is 1.63. The number of thioether (sulfide) groups is 1. The van der Waals surface area contributed by atoms with Gasteiger partial charge in [-0.2, -0.15) is 4.98 Å². The normalized spacial score (nSPS) is 11.7. The number of methoxy groups -OCH3 is 2. The Morgan fingerprint density at radius 1 is 1.30 bits per heavy atom. The van der Waals surface area contributed by atoms with E-state index in [-0.39, 0.29) is 23.5 Å². The van der Waals surface area contributed by atoms with Crippen LogP contribution in [0.3, 0.4) is 0 Å². The standard InChI is InChI=1S/C18H20N6O4S2/c1-9(15(19)26)30-18-20-10(8-29-18)6-14(25)21-17-22-16(23-24-17)12-5-4-11(27-2)7-13(12)28-3/h4-5,7-9H,6H2,1-3H3,(H2,19,26)(H2,21,22,23,24,25). The molecule has 0 aliphatic rings. The van der Waals surface area contributed by atoms with Gasteiger partial charge in [0, 0.05) is 11.4 Å². The zero-order valence-electron chi connectivity index (χ0n) is 16.5. The predicted molar refractivity (Wildman–Crippen MR) is 114 cm³/mol. The van der Waals surface area contributed by atoms with Crippen molar-refractivity contribution in [3.8, 4) is 22.9 Å². The van der Waals surface area contributed by atoms with E-state index in [9.17, 15) is 9.59 Å². The molecule has 2 heterocycles. The van der Waals surface area contributed by atoms with Crippen LogP contribution >= 0.6 is 23.1 Å². The Labute approximate surface area is 180 Å². The zero-order valence-corrected chi connectivity index (χ0v) is 18.1. The van der Waals surface area contributed by atoms with Crippen molar-refractivity contribution in [2.75, 3.05) is 19.5 Å². The molecule has 2 amide bonds. The molecule has 0 aliphatic carbocycles. The van der Waals surface area contributed by atoms with E-state index < -0.39 is 5.91 Å². The Morgan fingerprint density at radius 2 is 2.10 bits per heavy atom. The highest BCUT2D eigenvalue weighted by atomic mass is 32.2. The lowest BCUT2D eigenvalue weighted by molar-refractivity contribution is -0.117. The number of H-pyrrole nitrogens is 1. The maximum atomic E-state index is 12.3. The number of carbonyl (C=O) groups is 2. The summed E-state index contributed by atoms with van der Waals surface area (Å²) in [6.45, 7) is 1.71. The van der Waals surface area contributed by atoms with Gasteiger partial charge in [-0.3, -0.25) is 20.0 Å². The van der Waals surface area contributed by atoms with Crippen molar-refractivity contribution in [1.29, 1.82) is 0 Å². The zero-order chi connectivity index (χ0) is 21.7. The van der Waals surface area contributed by atoms with E-state index in [1.165, 1.54) is 23.1 Å². The molecule has 1 atom stereocenters. The van der Waals surface area contributed by atoms with Gasteiger partial charge in [0.05, 0.1) is 37.1 Å². The van der Waals surface area contributed by atoms with E-state index >= 15 is 0 Å². The quantitative estimate of drug-likeness (QED) is 0.422. The minimum absolute atomic E-state index is 0.0533. The average Bonchev–Trinajstić information content (AvgIpc) is 3.36. The molecule has 30 heavy (non-hydrogen) atoms. The minimum atomic E-state index is -0.414. The molecule has 12 heteroatoms. The highest BCUT2D eigenvalue weighted by molar-refractivity contribution is 8.02. The van der Waals surface area contributed by atoms with Gasteiger partial charge in [0.15, 0.2) is 10.2 Å². The first kappa shape index (κ1) is 21.6. The number of nitrogens with one attached hydrogen (secondary N) is 2. The molecule has 3 rings (SSSR count). The summed E-state index contributed by atoms with van der Waals surface area (Å²) in [5, 5.41) is 10.8. The molecule has 0 saturated carbocycles. The molecule has 0 radical (unpaired) electrons. The third-order valence-electron chi connectivity index (χ3n) is 3.95. The predicted octanol–water partition coefficient (Wildman–Crippen LogP) is 2.09. The molecule has 4 N–H and O–H groups in total. The van der Waals surface area contributed by atoms with E-state index in [1.807, 2.05) is 0 Å². The van der Waals surface area contributed by atoms with E-state index in [0.29, 0.717) is 32.9 Å². The molecular formula is C18H20N6O4S2. The SMILES string of the molecule is COc1ccc(-c2nc(NC(=O)Cc3csc(SC(C)C(N)=O)n3)n[nH]2)c(OC)c1. The van der Waals surface area contributed by atoms with E-state index in [2.05, 4.69) is 25.5 Å². The van der Waals surface area contributed by atoms with Gasteiger partial charge in [0.1, 0.15) is 11.5 Å². The first-order valence-electron chi connectivity index (χ1n) is 8.74. The van der Waals surface area contributed by atoms with Crippen molar-refractivity contribution >= 4 is 40.9 Å². The van der Waals surface area contributed by atoms with Gasteiger partial charge in [0.25, 0.3) is 0 Å². The number of aromatic nitrogens is 4. The largest absolute Gasteiger partial charge is 0.497 e. The van der Waals surface area contributed by atoms with Gasteiger partial charge in [-0.1, -0.05) is 11.8 Å². The summed E-state index contributed by atoms with van der Waals surface area (Å²) in [5.41, 5.74) is 6.52. The minimum Gasteiger partial charge on any atom is -0.497 e. The van der Waals surface area contributed by atoms with E-state index in [1.54, 1.807) is 44.7 Å². The number of carbonyl (C=O) groups excluding carboxylic acids is 2. The Morgan fingerprint density at radius 3 is 2.80 bits per heavy atom. The third-order valence-corrected chi connectivity index (χ3v) is 6.09. The lowest BCUT2D eigenvalue weighted by atomic mass is 10.2. The summed E-state index contributed by atoms with van der Waals surface area (Å²) in [4.78, 5) is 32.1. The van der Waals surface area contributed by atoms with Crippen LogP contribution < -0.4 is 20.5 Å². The number of hydrogen-bond donors (Lipinski definition) is 3. The van der Waals surface area contributed by atoms with Crippen LogP contribution in [0.15, 0.2) is 27.9 Å². The van der Waals surface area contributed by atoms with Crippen LogP contribution in [0.5, 0.6) is 11.5 Å². The Kier molecular flexibility index (Phi) is 6.90. The monoisotopic (exact) mass is 448 g/mol. The maximum absolute atomic E-state index is 12.3. The molecule has 0 aliphatic heterocycles. The first-order chi connectivity index (χ1) is 14.4. The summed E-state index contributed by atoms with van der Waals surface area (Å²) in [7, 11) is 3.11. The fourth-order valence-electron chi connectivity index (χ4n) is 2.40. The van der Waals surface area contributed by atoms with Gasteiger partial charge in [-0.05, 0) is 19.1 Å². The summed E-state index contributed by atoms with van der Waals surface area (Å²) in [6, 6.07) is 5.29. The van der Waals surface area contributed by atoms with E-state index in [4.69, 9.17) is 15.2 Å². The molecule has 1 unspecified atom stereocenters. The van der Waals surface area contributed by atoms with Gasteiger partial charge in [-0.15, -0.1) is 16.4 Å². The number of benzene rings is 1. The van der Waals surface area contributed by atoms with Crippen molar-refractivity contribution < 1.29 is 19.1 Å². The van der Waals surface area contributed by atoms with Crippen LogP contribution in [0.2, 0.25) is 0 Å². The second kappa shape index (κ2) is 9.59. The van der Waals surface area contributed by atoms with Crippen molar-refractivity contribution in [2.24, 2.45) is 5.73 Å². The Bertz CT molecular complexity index is 1050. The number of thiazole rings is 1. The van der Waals surface area contributed by atoms with Crippen molar-refractivity contribution in [3.63, 3.8) is 0 Å². The van der Waals surface area contributed by atoms with E-state index in [0.717, 1.165) is 0 Å². The molecule has 10 nitrogen and oxygen atoms in total. The van der Waals surface area contributed by atoms with Gasteiger partial charge < -0.3 is 15.2 Å². The van der Waals surface area contributed by atoms with Crippen LogP contribution in [0.1, 0.15) is 12.6 Å². The summed E-state index contributed by atoms with van der Waals surface area (Å²) < 4.78 is 11.2. The molecule has 0 bridgehead atoms. The van der Waals surface area contributed by atoms with Gasteiger partial charge in [0.2, 0.25) is 17.8 Å². The van der Waals surface area contributed by atoms with Crippen molar-refractivity contribution in [3.05, 3.63) is 29.3 Å². The topological polar surface area (TPSA) is 145 Å². The molecule has 0 spiro atoms. The van der Waals surface area contributed by atoms with Crippen LogP contribution in [0.25, 0.3) is 11.4 Å². The highest BCUT2D eigenvalue weighted by Crippen LogP contribution is 2.31. The van der Waals surface area contributed by atoms with Crippen LogP contribution in [-0.4, -0.2) is 51.4 Å². The number of ether oxygens (including phenoxy) is 2. The lowest BCUT2D eigenvalue weighted by Crippen LogP contribution is -2.22. The molecule has 0 saturated heterocycles. The van der Waals surface area contributed by atoms with Crippen molar-refractivity contribution in [1.82, 2.24) is 20.2 Å². The summed E-state index contributed by atoms with van der Waals surface area (Å²) in [5.74, 6) is 1.06. The average molecular weight is 449 g/mol. The molecule has 158 valence electrons. The highest BCUT2D eigenvalue weighted by Gasteiger charge is 2.16. The van der Waals surface area contributed by atoms with Crippen LogP contribution in [-0.2, 0) is 16.0 Å². The number of nitrogens with zero attached hydrogens (tertiary/aromatic N) is 3. The molecular weight excluding hydrogens is 428 g/mol. The molecule has 1 aromatic carbocycles. The molecule has 3 aromatic rings. The number of aromatic amines is 1. The molecule has 0 fully saturated rings. The number of rotatable bonds is 9. The number of anilines is 1. The number of hydrogen-bond acceptors (Lipinski definition) is 9. The molecule has 2 aromatic heterocycles. The number of primary amides is 1. The summed E-state index contributed by atoms with van der Waals surface area (Å²) in [6.07, 6.45) is 0.0533. The second-order valence-corrected chi connectivity index (χ2v) is 8.51. The fourth-order valence-corrected chi connectivity index (χ4v) is 4.33. The van der Waals surface area contributed by atoms with Crippen LogP contribution in [0, 0.1) is 0 Å². The van der Waals surface area contributed by atoms with Gasteiger partial charge >= 0.3 is 0 Å². The lowest BCUT2D eigenvalue weighted by Gasteiger charge is -2.07. The number of nitrogens with two attached hydrogens (primary N) is 1.